The Bertz CT molecular complexity index is 695. The largest absolute Gasteiger partial charge is 0.381 e. The van der Waals surface area contributed by atoms with Gasteiger partial charge in [-0.2, -0.15) is 5.10 Å². The third kappa shape index (κ3) is 5.19. The van der Waals surface area contributed by atoms with E-state index >= 15 is 0 Å². The third-order valence-electron chi connectivity index (χ3n) is 6.83. The summed E-state index contributed by atoms with van der Waals surface area (Å²) in [5.41, 5.74) is 2.42. The first-order chi connectivity index (χ1) is 14.0. The predicted molar refractivity (Wildman–Crippen MR) is 113 cm³/mol. The molecule has 2 saturated heterocycles. The number of hydrogen-bond acceptors (Lipinski definition) is 5. The second-order valence-corrected chi connectivity index (χ2v) is 9.23. The Kier molecular flexibility index (Phi) is 6.56. The molecule has 1 amide bonds. The van der Waals surface area contributed by atoms with Crippen molar-refractivity contribution in [2.75, 3.05) is 46.4 Å². The van der Waals surface area contributed by atoms with Gasteiger partial charge >= 0.3 is 0 Å². The van der Waals surface area contributed by atoms with Crippen LogP contribution < -0.4 is 0 Å². The van der Waals surface area contributed by atoms with E-state index in [9.17, 15) is 4.79 Å². The lowest BCUT2D eigenvalue weighted by molar-refractivity contribution is -0.131. The molecule has 4 rings (SSSR count). The van der Waals surface area contributed by atoms with Gasteiger partial charge in [0.2, 0.25) is 5.91 Å². The zero-order chi connectivity index (χ0) is 20.4. The maximum absolute atomic E-state index is 12.5. The zero-order valence-electron chi connectivity index (χ0n) is 18.3. The summed E-state index contributed by atoms with van der Waals surface area (Å²) in [6, 6.07) is 1.08. The number of likely N-dealkylation sites (tertiary alicyclic amines) is 1. The van der Waals surface area contributed by atoms with Gasteiger partial charge in [-0.25, -0.2) is 0 Å². The number of amides is 1. The van der Waals surface area contributed by atoms with Crippen LogP contribution in [0, 0.1) is 12.8 Å². The van der Waals surface area contributed by atoms with E-state index in [2.05, 4.69) is 40.0 Å². The molecule has 1 aliphatic carbocycles. The Labute approximate surface area is 175 Å². The molecule has 7 nitrogen and oxygen atoms in total. The molecule has 3 fully saturated rings. The first-order valence-corrected chi connectivity index (χ1v) is 11.3. The molecule has 0 aromatic carbocycles. The van der Waals surface area contributed by atoms with Crippen LogP contribution in [0.5, 0.6) is 0 Å². The van der Waals surface area contributed by atoms with Crippen molar-refractivity contribution in [2.45, 2.75) is 57.7 Å². The average molecular weight is 404 g/mol. The molecule has 7 heteroatoms. The van der Waals surface area contributed by atoms with E-state index in [0.717, 1.165) is 83.7 Å². The van der Waals surface area contributed by atoms with Crippen molar-refractivity contribution in [3.63, 3.8) is 0 Å². The molecule has 0 bridgehead atoms. The van der Waals surface area contributed by atoms with Gasteiger partial charge in [0.05, 0.1) is 5.69 Å². The van der Waals surface area contributed by atoms with E-state index < -0.39 is 0 Å². The number of carbonyl (C=O) groups is 1. The van der Waals surface area contributed by atoms with Crippen molar-refractivity contribution >= 4 is 5.91 Å². The van der Waals surface area contributed by atoms with Crippen LogP contribution in [-0.2, 0) is 23.1 Å². The van der Waals surface area contributed by atoms with Crippen LogP contribution in [-0.4, -0.2) is 88.9 Å². The first kappa shape index (κ1) is 20.8. The minimum atomic E-state index is 0.333. The Morgan fingerprint density at radius 3 is 2.59 bits per heavy atom. The van der Waals surface area contributed by atoms with Gasteiger partial charge in [0, 0.05) is 82.7 Å². The van der Waals surface area contributed by atoms with E-state index in [0.29, 0.717) is 23.9 Å². The maximum atomic E-state index is 12.5. The first-order valence-electron chi connectivity index (χ1n) is 11.3. The molecule has 2 aliphatic heterocycles. The Hall–Kier alpha value is -1.44. The summed E-state index contributed by atoms with van der Waals surface area (Å²) in [6.45, 7) is 8.67. The Balaban J connectivity index is 1.35. The molecular weight excluding hydrogens is 366 g/mol. The van der Waals surface area contributed by atoms with Gasteiger partial charge in [0.25, 0.3) is 0 Å². The molecule has 3 heterocycles. The fraction of sp³-hybridized carbons (Fsp3) is 0.818. The lowest BCUT2D eigenvalue weighted by Gasteiger charge is -2.39. The highest BCUT2D eigenvalue weighted by Crippen LogP contribution is 2.33. The van der Waals surface area contributed by atoms with Crippen LogP contribution in [0.1, 0.15) is 43.4 Å². The summed E-state index contributed by atoms with van der Waals surface area (Å²) < 4.78 is 7.52. The highest BCUT2D eigenvalue weighted by molar-refractivity contribution is 5.81. The van der Waals surface area contributed by atoms with E-state index in [1.165, 1.54) is 5.56 Å². The quantitative estimate of drug-likeness (QED) is 0.661. The van der Waals surface area contributed by atoms with Gasteiger partial charge in [-0.3, -0.25) is 14.4 Å². The van der Waals surface area contributed by atoms with E-state index in [1.54, 1.807) is 0 Å². The number of likely N-dealkylation sites (N-methyl/N-ethyl adjacent to an activating group) is 1. The van der Waals surface area contributed by atoms with Gasteiger partial charge in [0.15, 0.2) is 0 Å². The minimum absolute atomic E-state index is 0.333. The van der Waals surface area contributed by atoms with E-state index in [4.69, 9.17) is 4.74 Å². The van der Waals surface area contributed by atoms with Gasteiger partial charge in [-0.05, 0) is 46.1 Å². The zero-order valence-corrected chi connectivity index (χ0v) is 18.3. The molecule has 29 heavy (non-hydrogen) atoms. The summed E-state index contributed by atoms with van der Waals surface area (Å²) in [5, 5.41) is 4.47. The number of aromatic nitrogens is 2. The van der Waals surface area contributed by atoms with Crippen molar-refractivity contribution in [1.82, 2.24) is 24.5 Å². The molecule has 1 aromatic heterocycles. The van der Waals surface area contributed by atoms with Crippen molar-refractivity contribution in [3.8, 4) is 0 Å². The summed E-state index contributed by atoms with van der Waals surface area (Å²) >= 11 is 0. The van der Waals surface area contributed by atoms with Crippen LogP contribution in [0.3, 0.4) is 0 Å². The van der Waals surface area contributed by atoms with Gasteiger partial charge in [-0.1, -0.05) is 0 Å². The maximum Gasteiger partial charge on any atom is 0.225 e. The van der Waals surface area contributed by atoms with Gasteiger partial charge in [0.1, 0.15) is 0 Å². The normalized spacial score (nSPS) is 23.5. The van der Waals surface area contributed by atoms with Crippen molar-refractivity contribution in [2.24, 2.45) is 13.0 Å². The third-order valence-corrected chi connectivity index (χ3v) is 6.83. The molecular formula is C22H37N5O2. The molecule has 162 valence electrons. The molecule has 3 aliphatic rings. The van der Waals surface area contributed by atoms with Gasteiger partial charge < -0.3 is 14.5 Å². The van der Waals surface area contributed by atoms with E-state index in [1.807, 2.05) is 11.7 Å². The number of rotatable bonds is 8. The van der Waals surface area contributed by atoms with Crippen LogP contribution >= 0.6 is 0 Å². The lowest BCUT2D eigenvalue weighted by atomic mass is 10.0. The minimum Gasteiger partial charge on any atom is -0.381 e. The fourth-order valence-corrected chi connectivity index (χ4v) is 4.94. The molecule has 0 N–H and O–H groups in total. The summed E-state index contributed by atoms with van der Waals surface area (Å²) in [6.07, 6.45) is 7.66. The van der Waals surface area contributed by atoms with Crippen LogP contribution in [0.25, 0.3) is 0 Å². The van der Waals surface area contributed by atoms with Crippen LogP contribution in [0.15, 0.2) is 6.20 Å². The second kappa shape index (κ2) is 9.14. The molecule has 0 spiro atoms. The van der Waals surface area contributed by atoms with Crippen molar-refractivity contribution in [3.05, 3.63) is 17.5 Å². The highest BCUT2D eigenvalue weighted by atomic mass is 16.5. The molecule has 1 atom stereocenters. The number of hydrogen-bond donors (Lipinski definition) is 0. The number of carbonyl (C=O) groups excluding carboxylic acids is 1. The average Bonchev–Trinajstić information content (AvgIpc) is 3.36. The van der Waals surface area contributed by atoms with Crippen LogP contribution in [0.4, 0.5) is 0 Å². The standard InChI is InChI=1S/C22H37N5O2/c1-17-19(15-25(3)23-17)14-24(2)10-11-27(20-7-12-29-13-8-20)21-6-9-26(16-21)22(28)18-4-5-18/h15,18,20-21H,4-14,16H2,1-3H3. The molecule has 1 aromatic rings. The number of ether oxygens (including phenoxy) is 1. The molecule has 1 saturated carbocycles. The smallest absolute Gasteiger partial charge is 0.225 e. The summed E-state index contributed by atoms with van der Waals surface area (Å²) in [7, 11) is 4.18. The summed E-state index contributed by atoms with van der Waals surface area (Å²) in [4.78, 5) is 19.8. The SMILES string of the molecule is Cc1nn(C)cc1CN(C)CCN(C1CCOCC1)C1CCN(C(=O)C2CC2)C1. The summed E-state index contributed by atoms with van der Waals surface area (Å²) in [5.74, 6) is 0.739. The second-order valence-electron chi connectivity index (χ2n) is 9.23. The fourth-order valence-electron chi connectivity index (χ4n) is 4.94. The molecule has 1 unspecified atom stereocenters. The van der Waals surface area contributed by atoms with Crippen LogP contribution in [0.2, 0.25) is 0 Å². The Morgan fingerprint density at radius 2 is 1.93 bits per heavy atom. The van der Waals surface area contributed by atoms with Gasteiger partial charge in [-0.15, -0.1) is 0 Å². The lowest BCUT2D eigenvalue weighted by Crippen LogP contribution is -2.49. The number of aryl methyl sites for hydroxylation is 2. The monoisotopic (exact) mass is 403 g/mol. The highest BCUT2D eigenvalue weighted by Gasteiger charge is 2.39. The Morgan fingerprint density at radius 1 is 1.17 bits per heavy atom. The topological polar surface area (TPSA) is 53.8 Å². The predicted octanol–water partition coefficient (Wildman–Crippen LogP) is 1.65. The van der Waals surface area contributed by atoms with Crippen molar-refractivity contribution in [1.29, 1.82) is 0 Å². The molecule has 0 radical (unpaired) electrons. The van der Waals surface area contributed by atoms with Crippen molar-refractivity contribution < 1.29 is 9.53 Å². The number of nitrogens with zero attached hydrogens (tertiary/aromatic N) is 5. The van der Waals surface area contributed by atoms with E-state index in [-0.39, 0.29) is 0 Å².